The molecular formula is C7H4N4OS. The van der Waals surface area contributed by atoms with Crippen LogP contribution in [0.3, 0.4) is 0 Å². The number of H-pyrrole nitrogens is 1. The van der Waals surface area contributed by atoms with Gasteiger partial charge in [0.2, 0.25) is 0 Å². The van der Waals surface area contributed by atoms with Crippen LogP contribution in [0.1, 0.15) is 0 Å². The highest BCUT2D eigenvalue weighted by molar-refractivity contribution is 7.17. The van der Waals surface area contributed by atoms with Crippen molar-refractivity contribution in [3.05, 3.63) is 28.3 Å². The molecule has 5 nitrogen and oxygen atoms in total. The molecule has 13 heavy (non-hydrogen) atoms. The number of thiophene rings is 1. The minimum absolute atomic E-state index is 0.252. The fraction of sp³-hybridized carbons (Fsp3) is 0. The van der Waals surface area contributed by atoms with E-state index in [1.54, 1.807) is 0 Å². The Kier molecular flexibility index (Phi) is 1.13. The van der Waals surface area contributed by atoms with Crippen LogP contribution in [0.15, 0.2) is 22.6 Å². The highest BCUT2D eigenvalue weighted by Gasteiger charge is 2.05. The van der Waals surface area contributed by atoms with Crippen molar-refractivity contribution >= 4 is 27.2 Å². The van der Waals surface area contributed by atoms with Crippen molar-refractivity contribution < 1.29 is 0 Å². The Hall–Kier alpha value is -1.69. The summed E-state index contributed by atoms with van der Waals surface area (Å²) in [4.78, 5) is 15.3. The molecule has 0 aliphatic rings. The van der Waals surface area contributed by atoms with Crippen LogP contribution >= 0.6 is 11.3 Å². The van der Waals surface area contributed by atoms with Crippen LogP contribution in [-0.4, -0.2) is 19.6 Å². The first-order valence-corrected chi connectivity index (χ1v) is 4.53. The van der Waals surface area contributed by atoms with Crippen molar-refractivity contribution in [2.75, 3.05) is 0 Å². The third kappa shape index (κ3) is 0.775. The Labute approximate surface area is 75.7 Å². The summed E-state index contributed by atoms with van der Waals surface area (Å²) in [6.07, 6.45) is 1.48. The van der Waals surface area contributed by atoms with Crippen LogP contribution in [0.2, 0.25) is 0 Å². The number of aromatic nitrogens is 4. The lowest BCUT2D eigenvalue weighted by atomic mass is 10.5. The Morgan fingerprint density at radius 2 is 2.46 bits per heavy atom. The summed E-state index contributed by atoms with van der Waals surface area (Å²) in [5.41, 5.74) is 1.26. The largest absolute Gasteiger partial charge is 0.348 e. The third-order valence-corrected chi connectivity index (χ3v) is 2.76. The van der Waals surface area contributed by atoms with Crippen molar-refractivity contribution in [2.24, 2.45) is 0 Å². The molecule has 0 aliphatic heterocycles. The quantitative estimate of drug-likeness (QED) is 0.568. The molecule has 0 aliphatic carbocycles. The van der Waals surface area contributed by atoms with E-state index in [1.165, 1.54) is 22.1 Å². The monoisotopic (exact) mass is 192 g/mol. The molecule has 0 bridgehead atoms. The van der Waals surface area contributed by atoms with Gasteiger partial charge in [0, 0.05) is 0 Å². The minimum atomic E-state index is -0.252. The Bertz CT molecular complexity index is 634. The van der Waals surface area contributed by atoms with Crippen molar-refractivity contribution in [1.82, 2.24) is 19.6 Å². The number of aromatic amines is 1. The molecule has 6 heteroatoms. The van der Waals surface area contributed by atoms with Gasteiger partial charge in [0.25, 0.3) is 0 Å². The molecule has 0 amide bonds. The van der Waals surface area contributed by atoms with E-state index < -0.39 is 0 Å². The highest BCUT2D eigenvalue weighted by Crippen LogP contribution is 2.20. The van der Waals surface area contributed by atoms with Gasteiger partial charge < -0.3 is 0 Å². The lowest BCUT2D eigenvalue weighted by Gasteiger charge is -1.89. The zero-order valence-electron chi connectivity index (χ0n) is 6.39. The van der Waals surface area contributed by atoms with Gasteiger partial charge in [0.05, 0.1) is 10.2 Å². The fourth-order valence-electron chi connectivity index (χ4n) is 1.26. The molecular weight excluding hydrogens is 188 g/mol. The van der Waals surface area contributed by atoms with Gasteiger partial charge in [-0.15, -0.1) is 11.3 Å². The van der Waals surface area contributed by atoms with Gasteiger partial charge in [0.15, 0.2) is 5.65 Å². The van der Waals surface area contributed by atoms with E-state index >= 15 is 0 Å². The summed E-state index contributed by atoms with van der Waals surface area (Å²) in [7, 11) is 0. The number of hydrogen-bond donors (Lipinski definition) is 1. The summed E-state index contributed by atoms with van der Waals surface area (Å²) >= 11 is 1.53. The molecule has 0 saturated heterocycles. The number of nitrogens with one attached hydrogen (secondary N) is 1. The van der Waals surface area contributed by atoms with E-state index in [-0.39, 0.29) is 5.69 Å². The van der Waals surface area contributed by atoms with Gasteiger partial charge in [-0.3, -0.25) is 0 Å². The minimum Gasteiger partial charge on any atom is -0.246 e. The molecule has 3 aromatic heterocycles. The number of fused-ring (bicyclic) bond motifs is 3. The van der Waals surface area contributed by atoms with Crippen molar-refractivity contribution in [3.8, 4) is 0 Å². The maximum Gasteiger partial charge on any atom is 0.348 e. The fourth-order valence-corrected chi connectivity index (χ4v) is 2.09. The topological polar surface area (TPSA) is 63.0 Å². The van der Waals surface area contributed by atoms with Crippen LogP contribution in [0.4, 0.5) is 0 Å². The normalized spacial score (nSPS) is 11.4. The first kappa shape index (κ1) is 6.79. The summed E-state index contributed by atoms with van der Waals surface area (Å²) < 4.78 is 2.33. The molecule has 0 fully saturated rings. The molecule has 0 unspecified atom stereocenters. The zero-order chi connectivity index (χ0) is 8.84. The molecule has 3 heterocycles. The summed E-state index contributed by atoms with van der Waals surface area (Å²) in [6.45, 7) is 0. The van der Waals surface area contributed by atoms with Gasteiger partial charge in [-0.1, -0.05) is 0 Å². The lowest BCUT2D eigenvalue weighted by Crippen LogP contribution is -2.08. The number of rotatable bonds is 0. The van der Waals surface area contributed by atoms with Gasteiger partial charge in [-0.25, -0.2) is 19.3 Å². The molecule has 0 saturated carbocycles. The molecule has 3 rings (SSSR count). The van der Waals surface area contributed by atoms with Crippen LogP contribution < -0.4 is 5.69 Å². The molecule has 0 spiro atoms. The average Bonchev–Trinajstić information content (AvgIpc) is 2.70. The molecule has 3 aromatic rings. The smallest absolute Gasteiger partial charge is 0.246 e. The second kappa shape index (κ2) is 2.17. The molecule has 0 radical (unpaired) electrons. The predicted octanol–water partition coefficient (Wildman–Crippen LogP) is 0.632. The number of hydrogen-bond acceptors (Lipinski definition) is 4. The van der Waals surface area contributed by atoms with Crippen LogP contribution in [0.5, 0.6) is 0 Å². The third-order valence-electron chi connectivity index (χ3n) is 1.86. The van der Waals surface area contributed by atoms with Crippen LogP contribution in [0.25, 0.3) is 15.9 Å². The van der Waals surface area contributed by atoms with E-state index in [1.807, 2.05) is 11.4 Å². The Balaban J connectivity index is 2.74. The van der Waals surface area contributed by atoms with E-state index in [0.29, 0.717) is 5.65 Å². The number of nitrogens with zero attached hydrogens (tertiary/aromatic N) is 3. The second-order valence-electron chi connectivity index (χ2n) is 2.60. The molecule has 0 aromatic carbocycles. The SMILES string of the molecule is O=c1[nH]nc2c3sccc3ncn12. The first-order chi connectivity index (χ1) is 6.36. The van der Waals surface area contributed by atoms with E-state index in [0.717, 1.165) is 10.2 Å². The Morgan fingerprint density at radius 1 is 1.54 bits per heavy atom. The predicted molar refractivity (Wildman–Crippen MR) is 49.0 cm³/mol. The standard InChI is InChI=1S/C7H4N4OS/c12-7-10-9-6-5-4(1-2-13-5)8-3-11(6)7/h1-3H,(H,10,12). The van der Waals surface area contributed by atoms with Gasteiger partial charge >= 0.3 is 5.69 Å². The van der Waals surface area contributed by atoms with Gasteiger partial charge in [0.1, 0.15) is 6.33 Å². The summed E-state index contributed by atoms with van der Waals surface area (Å²) in [5, 5.41) is 8.22. The lowest BCUT2D eigenvalue weighted by molar-refractivity contribution is 1.00. The van der Waals surface area contributed by atoms with Gasteiger partial charge in [-0.05, 0) is 11.4 Å². The van der Waals surface area contributed by atoms with E-state index in [4.69, 9.17) is 0 Å². The maximum absolute atomic E-state index is 11.2. The molecule has 64 valence electrons. The van der Waals surface area contributed by atoms with Crippen molar-refractivity contribution in [2.45, 2.75) is 0 Å². The zero-order valence-corrected chi connectivity index (χ0v) is 7.21. The van der Waals surface area contributed by atoms with Crippen LogP contribution in [0, 0.1) is 0 Å². The van der Waals surface area contributed by atoms with Crippen molar-refractivity contribution in [1.29, 1.82) is 0 Å². The molecule has 0 atom stereocenters. The maximum atomic E-state index is 11.2. The molecule has 1 N–H and O–H groups in total. The summed E-state index contributed by atoms with van der Waals surface area (Å²) in [5.74, 6) is 0. The van der Waals surface area contributed by atoms with E-state index in [2.05, 4.69) is 15.2 Å². The highest BCUT2D eigenvalue weighted by atomic mass is 32.1. The second-order valence-corrected chi connectivity index (χ2v) is 3.52. The first-order valence-electron chi connectivity index (χ1n) is 3.65. The van der Waals surface area contributed by atoms with E-state index in [9.17, 15) is 4.79 Å². The van der Waals surface area contributed by atoms with Crippen molar-refractivity contribution in [3.63, 3.8) is 0 Å². The van der Waals surface area contributed by atoms with Crippen LogP contribution in [-0.2, 0) is 0 Å². The average molecular weight is 192 g/mol. The summed E-state index contributed by atoms with van der Waals surface area (Å²) in [6, 6.07) is 1.90. The van der Waals surface area contributed by atoms with Gasteiger partial charge in [-0.2, -0.15) is 5.10 Å². The Morgan fingerprint density at radius 3 is 3.38 bits per heavy atom.